The summed E-state index contributed by atoms with van der Waals surface area (Å²) in [7, 11) is 0. The van der Waals surface area contributed by atoms with Crippen LogP contribution in [0.25, 0.3) is 0 Å². The number of rotatable bonds is 8. The van der Waals surface area contributed by atoms with Crippen molar-refractivity contribution in [2.24, 2.45) is 0 Å². The van der Waals surface area contributed by atoms with E-state index in [1.807, 2.05) is 60.7 Å². The number of piperidine rings is 1. The van der Waals surface area contributed by atoms with Gasteiger partial charge in [0.05, 0.1) is 19.3 Å². The van der Waals surface area contributed by atoms with E-state index in [1.165, 1.54) is 4.90 Å². The summed E-state index contributed by atoms with van der Waals surface area (Å²) in [6.45, 7) is 8.26. The molecule has 1 spiro atoms. The average Bonchev–Trinajstić information content (AvgIpc) is 2.90. The zero-order valence-electron chi connectivity index (χ0n) is 22.7. The molecule has 0 bridgehead atoms. The molecule has 0 aromatic heterocycles. The van der Waals surface area contributed by atoms with Crippen LogP contribution < -0.4 is 0 Å². The standard InChI is InChI=1S/C30H38N2O6/c1-22(36-19-23-13-7-5-8-14-23)25(26(33)37-20-24-15-9-6-10-16-24)31-21-30(27(31)34)17-11-12-18-32(30)28(35)38-29(2,3)4/h5-10,13-16,22,25H,11-12,17-21H2,1-4H3/t22-,25+,30?/m1/s1. The minimum Gasteiger partial charge on any atom is -0.459 e. The molecule has 2 aromatic carbocycles. The van der Waals surface area contributed by atoms with E-state index in [0.29, 0.717) is 19.6 Å². The van der Waals surface area contributed by atoms with Crippen molar-refractivity contribution in [3.8, 4) is 0 Å². The smallest absolute Gasteiger partial charge is 0.411 e. The summed E-state index contributed by atoms with van der Waals surface area (Å²) in [4.78, 5) is 43.4. The van der Waals surface area contributed by atoms with Crippen LogP contribution in [0.5, 0.6) is 0 Å². The van der Waals surface area contributed by atoms with Gasteiger partial charge in [-0.25, -0.2) is 9.59 Å². The first-order valence-electron chi connectivity index (χ1n) is 13.3. The summed E-state index contributed by atoms with van der Waals surface area (Å²) in [5, 5.41) is 0. The molecule has 2 fully saturated rings. The number of hydrogen-bond donors (Lipinski definition) is 0. The topological polar surface area (TPSA) is 85.4 Å². The first-order chi connectivity index (χ1) is 18.1. The largest absolute Gasteiger partial charge is 0.459 e. The van der Waals surface area contributed by atoms with Gasteiger partial charge in [0.15, 0.2) is 6.04 Å². The molecule has 0 radical (unpaired) electrons. The number of amides is 2. The zero-order valence-corrected chi connectivity index (χ0v) is 22.7. The Balaban J connectivity index is 1.52. The number of esters is 1. The second kappa shape index (κ2) is 11.6. The Hall–Kier alpha value is -3.39. The Labute approximate surface area is 224 Å². The van der Waals surface area contributed by atoms with Crippen molar-refractivity contribution in [2.75, 3.05) is 13.1 Å². The first kappa shape index (κ1) is 27.6. The normalized spacial score (nSPS) is 21.0. The predicted molar refractivity (Wildman–Crippen MR) is 142 cm³/mol. The summed E-state index contributed by atoms with van der Waals surface area (Å²) in [5.74, 6) is -0.794. The highest BCUT2D eigenvalue weighted by molar-refractivity contribution is 5.98. The van der Waals surface area contributed by atoms with E-state index in [0.717, 1.165) is 24.0 Å². The van der Waals surface area contributed by atoms with Crippen molar-refractivity contribution in [2.45, 2.75) is 83.5 Å². The molecule has 3 atom stereocenters. The van der Waals surface area contributed by atoms with Crippen LogP contribution in [0.4, 0.5) is 4.79 Å². The van der Waals surface area contributed by atoms with Gasteiger partial charge in [0.25, 0.3) is 5.91 Å². The molecule has 0 saturated carbocycles. The van der Waals surface area contributed by atoms with Crippen LogP contribution in [0.2, 0.25) is 0 Å². The Morgan fingerprint density at radius 2 is 1.55 bits per heavy atom. The van der Waals surface area contributed by atoms with Crippen LogP contribution >= 0.6 is 0 Å². The number of benzene rings is 2. The van der Waals surface area contributed by atoms with Crippen molar-refractivity contribution in [1.29, 1.82) is 0 Å². The minimum atomic E-state index is -1.00. The molecular weight excluding hydrogens is 484 g/mol. The molecule has 2 heterocycles. The highest BCUT2D eigenvalue weighted by Crippen LogP contribution is 2.40. The lowest BCUT2D eigenvalue weighted by Crippen LogP contribution is -2.79. The van der Waals surface area contributed by atoms with Crippen molar-refractivity contribution in [3.63, 3.8) is 0 Å². The number of carbonyl (C=O) groups is 3. The highest BCUT2D eigenvalue weighted by Gasteiger charge is 2.62. The molecule has 2 saturated heterocycles. The molecule has 204 valence electrons. The van der Waals surface area contributed by atoms with E-state index < -0.39 is 35.3 Å². The van der Waals surface area contributed by atoms with Crippen LogP contribution in [-0.4, -0.2) is 64.1 Å². The van der Waals surface area contributed by atoms with Crippen LogP contribution in [0.1, 0.15) is 58.1 Å². The molecule has 2 aromatic rings. The molecule has 38 heavy (non-hydrogen) atoms. The Kier molecular flexibility index (Phi) is 8.41. The van der Waals surface area contributed by atoms with Gasteiger partial charge in [-0.3, -0.25) is 9.69 Å². The fourth-order valence-electron chi connectivity index (χ4n) is 5.11. The lowest BCUT2D eigenvalue weighted by Gasteiger charge is -2.57. The average molecular weight is 523 g/mol. The van der Waals surface area contributed by atoms with E-state index in [2.05, 4.69) is 0 Å². The highest BCUT2D eigenvalue weighted by atomic mass is 16.6. The number of ether oxygens (including phenoxy) is 3. The summed E-state index contributed by atoms with van der Waals surface area (Å²) >= 11 is 0. The van der Waals surface area contributed by atoms with E-state index >= 15 is 0 Å². The van der Waals surface area contributed by atoms with Gasteiger partial charge >= 0.3 is 12.1 Å². The summed E-state index contributed by atoms with van der Waals surface area (Å²) < 4.78 is 17.4. The minimum absolute atomic E-state index is 0.0960. The third-order valence-electron chi connectivity index (χ3n) is 7.05. The number of hydrogen-bond acceptors (Lipinski definition) is 6. The van der Waals surface area contributed by atoms with Crippen LogP contribution in [0, 0.1) is 0 Å². The van der Waals surface area contributed by atoms with Gasteiger partial charge in [-0.05, 0) is 58.1 Å². The predicted octanol–water partition coefficient (Wildman–Crippen LogP) is 4.71. The van der Waals surface area contributed by atoms with Crippen LogP contribution in [-0.2, 0) is 37.0 Å². The number of carbonyl (C=O) groups excluding carboxylic acids is 3. The van der Waals surface area contributed by atoms with E-state index in [-0.39, 0.29) is 19.1 Å². The first-order valence-corrected chi connectivity index (χ1v) is 13.3. The summed E-state index contributed by atoms with van der Waals surface area (Å²) in [5.41, 5.74) is 0.140. The molecule has 2 aliphatic rings. The fourth-order valence-corrected chi connectivity index (χ4v) is 5.11. The monoisotopic (exact) mass is 522 g/mol. The molecule has 2 aliphatic heterocycles. The molecule has 0 aliphatic carbocycles. The molecule has 4 rings (SSSR count). The fraction of sp³-hybridized carbons (Fsp3) is 0.500. The van der Waals surface area contributed by atoms with Gasteiger partial charge in [0, 0.05) is 6.54 Å². The van der Waals surface area contributed by atoms with E-state index in [4.69, 9.17) is 14.2 Å². The third kappa shape index (κ3) is 6.18. The quantitative estimate of drug-likeness (QED) is 0.369. The van der Waals surface area contributed by atoms with Gasteiger partial charge < -0.3 is 19.1 Å². The molecule has 0 N–H and O–H groups in total. The van der Waals surface area contributed by atoms with Gasteiger partial charge in [0.2, 0.25) is 0 Å². The lowest BCUT2D eigenvalue weighted by atomic mass is 9.77. The maximum atomic E-state index is 13.8. The maximum Gasteiger partial charge on any atom is 0.411 e. The lowest BCUT2D eigenvalue weighted by molar-refractivity contribution is -0.187. The number of nitrogens with zero attached hydrogens (tertiary/aromatic N) is 2. The molecule has 8 heteroatoms. The van der Waals surface area contributed by atoms with E-state index in [1.54, 1.807) is 32.6 Å². The van der Waals surface area contributed by atoms with Gasteiger partial charge in [-0.15, -0.1) is 0 Å². The number of likely N-dealkylation sites (tertiary alicyclic amines) is 2. The van der Waals surface area contributed by atoms with Crippen molar-refractivity contribution >= 4 is 18.0 Å². The Morgan fingerprint density at radius 3 is 2.13 bits per heavy atom. The van der Waals surface area contributed by atoms with Crippen LogP contribution in [0.3, 0.4) is 0 Å². The zero-order chi connectivity index (χ0) is 27.3. The van der Waals surface area contributed by atoms with Crippen LogP contribution in [0.15, 0.2) is 60.7 Å². The third-order valence-corrected chi connectivity index (χ3v) is 7.05. The van der Waals surface area contributed by atoms with Gasteiger partial charge in [-0.2, -0.15) is 0 Å². The van der Waals surface area contributed by atoms with Gasteiger partial charge in [0.1, 0.15) is 17.7 Å². The van der Waals surface area contributed by atoms with E-state index in [9.17, 15) is 14.4 Å². The summed E-state index contributed by atoms with van der Waals surface area (Å²) in [6.07, 6.45) is 1.03. The maximum absolute atomic E-state index is 13.8. The molecular formula is C30H38N2O6. The second-order valence-electron chi connectivity index (χ2n) is 11.1. The van der Waals surface area contributed by atoms with Crippen molar-refractivity contribution in [3.05, 3.63) is 71.8 Å². The molecule has 2 amide bonds. The van der Waals surface area contributed by atoms with Crippen molar-refractivity contribution < 1.29 is 28.6 Å². The summed E-state index contributed by atoms with van der Waals surface area (Å²) in [6, 6.07) is 18.1. The molecule has 8 nitrogen and oxygen atoms in total. The van der Waals surface area contributed by atoms with Crippen molar-refractivity contribution in [1.82, 2.24) is 9.80 Å². The Bertz CT molecular complexity index is 1120. The van der Waals surface area contributed by atoms with Gasteiger partial charge in [-0.1, -0.05) is 60.7 Å². The Morgan fingerprint density at radius 1 is 0.947 bits per heavy atom. The number of β-lactam (4-membered cyclic amide) rings is 1. The molecule has 1 unspecified atom stereocenters. The second-order valence-corrected chi connectivity index (χ2v) is 11.1. The SMILES string of the molecule is C[C@@H](OCc1ccccc1)[C@@H](C(=O)OCc1ccccc1)N1CC2(CCCCN2C(=O)OC(C)(C)C)C1=O.